The lowest BCUT2D eigenvalue weighted by atomic mass is 10.1. The number of halogens is 1. The number of hydrogen-bond acceptors (Lipinski definition) is 4. The highest BCUT2D eigenvalue weighted by Gasteiger charge is 2.18. The van der Waals surface area contributed by atoms with Gasteiger partial charge in [-0.05, 0) is 63.5 Å². The molecular formula is C21H17BrN4O2. The largest absolute Gasteiger partial charge is 0.380 e. The van der Waals surface area contributed by atoms with Gasteiger partial charge in [0, 0.05) is 29.8 Å². The van der Waals surface area contributed by atoms with E-state index in [0.29, 0.717) is 24.2 Å². The van der Waals surface area contributed by atoms with Crippen LogP contribution in [0.3, 0.4) is 0 Å². The van der Waals surface area contributed by atoms with Gasteiger partial charge in [-0.1, -0.05) is 18.2 Å². The summed E-state index contributed by atoms with van der Waals surface area (Å²) in [7, 11) is 0. The number of anilines is 3. The smallest absolute Gasteiger partial charge is 0.257 e. The Balaban J connectivity index is 1.49. The molecule has 2 aromatic carbocycles. The maximum Gasteiger partial charge on any atom is 0.257 e. The van der Waals surface area contributed by atoms with Crippen LogP contribution < -0.4 is 16.0 Å². The Labute approximate surface area is 170 Å². The summed E-state index contributed by atoms with van der Waals surface area (Å²) >= 11 is 3.36. The Hall–Kier alpha value is -3.19. The van der Waals surface area contributed by atoms with Crippen molar-refractivity contribution >= 4 is 44.8 Å². The fraction of sp³-hybridized carbons (Fsp3) is 0.0952. The molecule has 4 rings (SSSR count). The van der Waals surface area contributed by atoms with E-state index in [-0.39, 0.29) is 11.8 Å². The lowest BCUT2D eigenvalue weighted by Crippen LogP contribution is -2.15. The van der Waals surface area contributed by atoms with Crippen molar-refractivity contribution in [3.05, 3.63) is 82.1 Å². The van der Waals surface area contributed by atoms with Crippen molar-refractivity contribution in [1.29, 1.82) is 0 Å². The predicted molar refractivity (Wildman–Crippen MR) is 112 cm³/mol. The number of hydrogen-bond donors (Lipinski definition) is 3. The van der Waals surface area contributed by atoms with E-state index in [1.807, 2.05) is 42.5 Å². The highest BCUT2D eigenvalue weighted by molar-refractivity contribution is 9.10. The molecule has 140 valence electrons. The summed E-state index contributed by atoms with van der Waals surface area (Å²) < 4.78 is 0.765. The lowest BCUT2D eigenvalue weighted by molar-refractivity contribution is -0.115. The number of amides is 2. The molecule has 7 heteroatoms. The molecule has 2 amide bonds. The number of aromatic nitrogens is 1. The van der Waals surface area contributed by atoms with Crippen molar-refractivity contribution in [2.24, 2.45) is 0 Å². The topological polar surface area (TPSA) is 83.1 Å². The molecule has 0 saturated carbocycles. The first-order valence-corrected chi connectivity index (χ1v) is 9.55. The van der Waals surface area contributed by atoms with Crippen LogP contribution in [0.1, 0.15) is 21.5 Å². The van der Waals surface area contributed by atoms with Crippen LogP contribution in [0.5, 0.6) is 0 Å². The number of fused-ring (bicyclic) bond motifs is 1. The number of nitrogens with one attached hydrogen (secondary N) is 3. The van der Waals surface area contributed by atoms with Crippen molar-refractivity contribution < 1.29 is 9.59 Å². The molecule has 28 heavy (non-hydrogen) atoms. The molecule has 0 radical (unpaired) electrons. The first-order chi connectivity index (χ1) is 13.6. The summed E-state index contributed by atoms with van der Waals surface area (Å²) in [5.74, 6) is -0.251. The number of pyridine rings is 1. The Bertz CT molecular complexity index is 1070. The standard InChI is InChI=1S/C21H17BrN4O2/c22-19-9-13(7-8-23-19)12-24-17-4-2-1-3-16(17)21(28)25-15-6-5-14-10-20(27)26-18(14)11-15/h1-9,11,24H,10,12H2,(H,25,28)(H,26,27). The van der Waals surface area contributed by atoms with Gasteiger partial charge in [0.2, 0.25) is 5.91 Å². The summed E-state index contributed by atoms with van der Waals surface area (Å²) in [6, 6.07) is 16.6. The molecule has 0 unspecified atom stereocenters. The molecule has 6 nitrogen and oxygen atoms in total. The minimum atomic E-state index is -0.219. The fourth-order valence-corrected chi connectivity index (χ4v) is 3.49. The average molecular weight is 437 g/mol. The molecular weight excluding hydrogens is 420 g/mol. The number of para-hydroxylation sites is 1. The lowest BCUT2D eigenvalue weighted by Gasteiger charge is -2.13. The summed E-state index contributed by atoms with van der Waals surface area (Å²) in [6.07, 6.45) is 2.10. The van der Waals surface area contributed by atoms with Gasteiger partial charge in [0.25, 0.3) is 5.91 Å². The van der Waals surface area contributed by atoms with E-state index in [4.69, 9.17) is 0 Å². The Morgan fingerprint density at radius 2 is 2.00 bits per heavy atom. The molecule has 2 heterocycles. The van der Waals surface area contributed by atoms with E-state index in [0.717, 1.165) is 27.1 Å². The van der Waals surface area contributed by atoms with Crippen LogP contribution in [-0.4, -0.2) is 16.8 Å². The second-order valence-electron chi connectivity index (χ2n) is 6.44. The molecule has 0 spiro atoms. The zero-order valence-electron chi connectivity index (χ0n) is 14.8. The van der Waals surface area contributed by atoms with Gasteiger partial charge in [0.05, 0.1) is 12.0 Å². The van der Waals surface area contributed by atoms with Crippen LogP contribution in [0.15, 0.2) is 65.4 Å². The number of benzene rings is 2. The molecule has 1 aliphatic rings. The van der Waals surface area contributed by atoms with Crippen molar-refractivity contribution in [2.75, 3.05) is 16.0 Å². The Morgan fingerprint density at radius 3 is 2.86 bits per heavy atom. The molecule has 1 aromatic heterocycles. The van der Waals surface area contributed by atoms with Gasteiger partial charge in [-0.3, -0.25) is 9.59 Å². The van der Waals surface area contributed by atoms with Crippen molar-refractivity contribution in [2.45, 2.75) is 13.0 Å². The third-order valence-electron chi connectivity index (χ3n) is 4.44. The number of carbonyl (C=O) groups is 2. The fourth-order valence-electron chi connectivity index (χ4n) is 3.08. The Morgan fingerprint density at radius 1 is 1.14 bits per heavy atom. The van der Waals surface area contributed by atoms with E-state index in [2.05, 4.69) is 36.9 Å². The van der Waals surface area contributed by atoms with Gasteiger partial charge in [-0.15, -0.1) is 0 Å². The molecule has 0 saturated heterocycles. The third kappa shape index (κ3) is 4.04. The molecule has 0 aliphatic carbocycles. The minimum Gasteiger partial charge on any atom is -0.380 e. The quantitative estimate of drug-likeness (QED) is 0.523. The van der Waals surface area contributed by atoms with Gasteiger partial charge in [-0.2, -0.15) is 0 Å². The second kappa shape index (κ2) is 7.82. The third-order valence-corrected chi connectivity index (χ3v) is 4.87. The monoisotopic (exact) mass is 436 g/mol. The molecule has 0 bridgehead atoms. The van der Waals surface area contributed by atoms with Gasteiger partial charge in [0.1, 0.15) is 4.60 Å². The highest BCUT2D eigenvalue weighted by Crippen LogP contribution is 2.27. The van der Waals surface area contributed by atoms with Crippen LogP contribution in [0.25, 0.3) is 0 Å². The first kappa shape index (κ1) is 18.2. The highest BCUT2D eigenvalue weighted by atomic mass is 79.9. The molecule has 0 fully saturated rings. The van der Waals surface area contributed by atoms with Crippen LogP contribution in [0.2, 0.25) is 0 Å². The summed E-state index contributed by atoms with van der Waals surface area (Å²) in [6.45, 7) is 0.566. The molecule has 1 aliphatic heterocycles. The van der Waals surface area contributed by atoms with Gasteiger partial charge in [-0.25, -0.2) is 4.98 Å². The average Bonchev–Trinajstić information content (AvgIpc) is 3.06. The first-order valence-electron chi connectivity index (χ1n) is 8.76. The van der Waals surface area contributed by atoms with Crippen LogP contribution in [0.4, 0.5) is 17.1 Å². The van der Waals surface area contributed by atoms with Gasteiger partial charge < -0.3 is 16.0 Å². The second-order valence-corrected chi connectivity index (χ2v) is 7.25. The van der Waals surface area contributed by atoms with Gasteiger partial charge >= 0.3 is 0 Å². The molecule has 3 N–H and O–H groups in total. The maximum atomic E-state index is 12.8. The van der Waals surface area contributed by atoms with Crippen molar-refractivity contribution in [3.63, 3.8) is 0 Å². The minimum absolute atomic E-state index is 0.0317. The number of rotatable bonds is 5. The maximum absolute atomic E-state index is 12.8. The van der Waals surface area contributed by atoms with E-state index in [9.17, 15) is 9.59 Å². The SMILES string of the molecule is O=C1Cc2ccc(NC(=O)c3ccccc3NCc3ccnc(Br)c3)cc2N1. The zero-order chi connectivity index (χ0) is 19.5. The van der Waals surface area contributed by atoms with Crippen LogP contribution in [-0.2, 0) is 17.8 Å². The predicted octanol–water partition coefficient (Wildman–Crippen LogP) is 4.20. The van der Waals surface area contributed by atoms with Crippen molar-refractivity contribution in [1.82, 2.24) is 4.98 Å². The van der Waals surface area contributed by atoms with E-state index in [1.54, 1.807) is 18.3 Å². The van der Waals surface area contributed by atoms with Crippen molar-refractivity contribution in [3.8, 4) is 0 Å². The van der Waals surface area contributed by atoms with Gasteiger partial charge in [0.15, 0.2) is 0 Å². The van der Waals surface area contributed by atoms with Crippen LogP contribution >= 0.6 is 15.9 Å². The normalized spacial score (nSPS) is 12.2. The van der Waals surface area contributed by atoms with Crippen LogP contribution in [0, 0.1) is 0 Å². The van der Waals surface area contributed by atoms with E-state index in [1.165, 1.54) is 0 Å². The summed E-state index contributed by atoms with van der Waals surface area (Å²) in [5, 5.41) is 9.00. The molecule has 3 aromatic rings. The summed E-state index contributed by atoms with van der Waals surface area (Å²) in [4.78, 5) is 28.4. The van der Waals surface area contributed by atoms with E-state index < -0.39 is 0 Å². The zero-order valence-corrected chi connectivity index (χ0v) is 16.4. The summed E-state index contributed by atoms with van der Waals surface area (Å²) in [5.41, 5.74) is 4.65. The Kier molecular flexibility index (Phi) is 5.08. The number of carbonyl (C=O) groups excluding carboxylic acids is 2. The number of nitrogens with zero attached hydrogens (tertiary/aromatic N) is 1. The molecule has 0 atom stereocenters. The van der Waals surface area contributed by atoms with E-state index >= 15 is 0 Å².